The maximum absolute atomic E-state index is 4.50. The molecule has 0 saturated carbocycles. The lowest BCUT2D eigenvalue weighted by Crippen LogP contribution is -2.31. The van der Waals surface area contributed by atoms with E-state index in [4.69, 9.17) is 0 Å². The molecule has 0 radical (unpaired) electrons. The predicted octanol–water partition coefficient (Wildman–Crippen LogP) is 6.10. The quantitative estimate of drug-likeness (QED) is 0.514. The first-order valence-electron chi connectivity index (χ1n) is 9.86. The number of aryl methyl sites for hydroxylation is 3. The van der Waals surface area contributed by atoms with Crippen LogP contribution in [-0.4, -0.2) is 4.98 Å². The standard InChI is InChI=1S/C25H31N2/c1-16(2)21-9-8-10-22(17(3)4)25(21)20-11-12-23(27(7)15-20)24-18(5)13-14-26-19(24)6/h8-17H,1-7H3/q+1. The number of nitrogens with zero attached hydrogens (tertiary/aromatic N) is 2. The van der Waals surface area contributed by atoms with Crippen molar-refractivity contribution in [3.63, 3.8) is 0 Å². The monoisotopic (exact) mass is 359 g/mol. The highest BCUT2D eigenvalue weighted by molar-refractivity contribution is 5.73. The van der Waals surface area contributed by atoms with Gasteiger partial charge in [0.1, 0.15) is 7.05 Å². The predicted molar refractivity (Wildman–Crippen MR) is 114 cm³/mol. The van der Waals surface area contributed by atoms with E-state index in [1.165, 1.54) is 39.1 Å². The topological polar surface area (TPSA) is 16.8 Å². The van der Waals surface area contributed by atoms with E-state index in [0.717, 1.165) is 5.69 Å². The first-order chi connectivity index (χ1) is 12.8. The molecule has 0 fully saturated rings. The minimum absolute atomic E-state index is 0.492. The molecule has 0 atom stereocenters. The normalized spacial score (nSPS) is 11.4. The minimum Gasteiger partial charge on any atom is -0.261 e. The Morgan fingerprint density at radius 3 is 1.96 bits per heavy atom. The summed E-state index contributed by atoms with van der Waals surface area (Å²) in [5.41, 5.74) is 10.3. The summed E-state index contributed by atoms with van der Waals surface area (Å²) in [5, 5.41) is 0. The molecule has 0 aliphatic rings. The smallest absolute Gasteiger partial charge is 0.214 e. The van der Waals surface area contributed by atoms with Crippen LogP contribution in [0.1, 0.15) is 61.9 Å². The van der Waals surface area contributed by atoms with E-state index in [2.05, 4.69) is 101 Å². The molecule has 0 aliphatic heterocycles. The van der Waals surface area contributed by atoms with E-state index in [-0.39, 0.29) is 0 Å². The van der Waals surface area contributed by atoms with Crippen LogP contribution in [0.2, 0.25) is 0 Å². The third-order valence-corrected chi connectivity index (χ3v) is 5.40. The molecule has 27 heavy (non-hydrogen) atoms. The molecule has 2 heterocycles. The number of pyridine rings is 2. The van der Waals surface area contributed by atoms with Crippen LogP contribution in [0, 0.1) is 13.8 Å². The van der Waals surface area contributed by atoms with E-state index in [0.29, 0.717) is 11.8 Å². The van der Waals surface area contributed by atoms with Crippen LogP contribution in [0.3, 0.4) is 0 Å². The second-order valence-electron chi connectivity index (χ2n) is 8.12. The highest BCUT2D eigenvalue weighted by Gasteiger charge is 2.20. The van der Waals surface area contributed by atoms with E-state index < -0.39 is 0 Å². The third-order valence-electron chi connectivity index (χ3n) is 5.40. The Hall–Kier alpha value is -2.48. The van der Waals surface area contributed by atoms with Crippen molar-refractivity contribution in [2.45, 2.75) is 53.4 Å². The maximum Gasteiger partial charge on any atom is 0.214 e. The van der Waals surface area contributed by atoms with Gasteiger partial charge in [0, 0.05) is 17.8 Å². The van der Waals surface area contributed by atoms with Crippen LogP contribution in [-0.2, 0) is 7.05 Å². The molecule has 0 aliphatic carbocycles. The van der Waals surface area contributed by atoms with Crippen LogP contribution < -0.4 is 4.57 Å². The summed E-state index contributed by atoms with van der Waals surface area (Å²) in [5.74, 6) is 0.984. The molecule has 0 unspecified atom stereocenters. The summed E-state index contributed by atoms with van der Waals surface area (Å²) in [7, 11) is 2.14. The molecule has 0 spiro atoms. The fraction of sp³-hybridized carbons (Fsp3) is 0.360. The summed E-state index contributed by atoms with van der Waals surface area (Å²) in [4.78, 5) is 4.50. The molecule has 0 N–H and O–H groups in total. The van der Waals surface area contributed by atoms with E-state index >= 15 is 0 Å². The highest BCUT2D eigenvalue weighted by Crippen LogP contribution is 2.36. The van der Waals surface area contributed by atoms with Crippen molar-refractivity contribution >= 4 is 0 Å². The van der Waals surface area contributed by atoms with Gasteiger partial charge in [-0.15, -0.1) is 0 Å². The van der Waals surface area contributed by atoms with Crippen molar-refractivity contribution in [3.8, 4) is 22.4 Å². The molecule has 1 aromatic carbocycles. The van der Waals surface area contributed by atoms with Crippen LogP contribution in [0.25, 0.3) is 22.4 Å². The molecule has 3 aromatic rings. The zero-order chi connectivity index (χ0) is 19.7. The Bertz CT molecular complexity index is 922. The lowest BCUT2D eigenvalue weighted by Gasteiger charge is -2.19. The molecule has 0 saturated heterocycles. The van der Waals surface area contributed by atoms with Crippen molar-refractivity contribution in [1.29, 1.82) is 0 Å². The zero-order valence-corrected chi connectivity index (χ0v) is 17.7. The first kappa shape index (κ1) is 19.3. The molecule has 0 bridgehead atoms. The lowest BCUT2D eigenvalue weighted by molar-refractivity contribution is -0.659. The Balaban J connectivity index is 2.21. The fourth-order valence-electron chi connectivity index (χ4n) is 3.98. The molecule has 2 nitrogen and oxygen atoms in total. The summed E-state index contributed by atoms with van der Waals surface area (Å²) in [6.45, 7) is 13.3. The zero-order valence-electron chi connectivity index (χ0n) is 17.7. The van der Waals surface area contributed by atoms with Gasteiger partial charge < -0.3 is 0 Å². The van der Waals surface area contributed by atoms with Gasteiger partial charge in [-0.1, -0.05) is 45.9 Å². The molecule has 2 aromatic heterocycles. The van der Waals surface area contributed by atoms with Crippen molar-refractivity contribution < 1.29 is 4.57 Å². The van der Waals surface area contributed by atoms with Crippen LogP contribution in [0.4, 0.5) is 0 Å². The Kier molecular flexibility index (Phi) is 5.46. The average Bonchev–Trinajstić information content (AvgIpc) is 2.62. The number of aromatic nitrogens is 2. The Morgan fingerprint density at radius 1 is 0.815 bits per heavy atom. The van der Waals surface area contributed by atoms with E-state index in [1.54, 1.807) is 0 Å². The first-order valence-corrected chi connectivity index (χ1v) is 9.86. The SMILES string of the molecule is Cc1ccnc(C)c1-c1ccc(-c2c(C(C)C)cccc2C(C)C)c[n+]1C. The highest BCUT2D eigenvalue weighted by atomic mass is 14.9. The second kappa shape index (κ2) is 7.64. The van der Waals surface area contributed by atoms with Gasteiger partial charge in [-0.2, -0.15) is 0 Å². The van der Waals surface area contributed by atoms with Gasteiger partial charge >= 0.3 is 0 Å². The van der Waals surface area contributed by atoms with Crippen LogP contribution >= 0.6 is 0 Å². The largest absolute Gasteiger partial charge is 0.261 e. The average molecular weight is 360 g/mol. The number of benzene rings is 1. The van der Waals surface area contributed by atoms with Gasteiger partial charge in [-0.05, 0) is 60.1 Å². The van der Waals surface area contributed by atoms with Crippen molar-refractivity contribution in [2.24, 2.45) is 7.05 Å². The molecule has 140 valence electrons. The van der Waals surface area contributed by atoms with E-state index in [9.17, 15) is 0 Å². The molecule has 0 amide bonds. The van der Waals surface area contributed by atoms with E-state index in [1.807, 2.05) is 6.20 Å². The van der Waals surface area contributed by atoms with Crippen molar-refractivity contribution in [2.75, 3.05) is 0 Å². The number of rotatable bonds is 4. The van der Waals surface area contributed by atoms with Crippen molar-refractivity contribution in [3.05, 3.63) is 71.2 Å². The maximum atomic E-state index is 4.50. The third kappa shape index (κ3) is 3.66. The van der Waals surface area contributed by atoms with Crippen molar-refractivity contribution in [1.82, 2.24) is 4.98 Å². The molecule has 3 rings (SSSR count). The summed E-state index contributed by atoms with van der Waals surface area (Å²) in [6.07, 6.45) is 4.16. The van der Waals surface area contributed by atoms with Gasteiger partial charge in [0.15, 0.2) is 6.20 Å². The van der Waals surface area contributed by atoms with Gasteiger partial charge in [0.2, 0.25) is 5.69 Å². The van der Waals surface area contributed by atoms with Crippen LogP contribution in [0.15, 0.2) is 48.8 Å². The van der Waals surface area contributed by atoms with Gasteiger partial charge in [0.25, 0.3) is 0 Å². The van der Waals surface area contributed by atoms with Gasteiger partial charge in [-0.3, -0.25) is 4.98 Å². The summed E-state index contributed by atoms with van der Waals surface area (Å²) in [6, 6.07) is 13.3. The second-order valence-corrected chi connectivity index (χ2v) is 8.12. The fourth-order valence-corrected chi connectivity index (χ4v) is 3.98. The van der Waals surface area contributed by atoms with Gasteiger partial charge in [0.05, 0.1) is 11.3 Å². The van der Waals surface area contributed by atoms with Crippen LogP contribution in [0.5, 0.6) is 0 Å². The number of hydrogen-bond donors (Lipinski definition) is 0. The molecular weight excluding hydrogens is 328 g/mol. The Morgan fingerprint density at radius 2 is 1.44 bits per heavy atom. The summed E-state index contributed by atoms with van der Waals surface area (Å²) >= 11 is 0. The van der Waals surface area contributed by atoms with Gasteiger partial charge in [-0.25, -0.2) is 4.57 Å². The Labute approximate surface area is 163 Å². The minimum atomic E-state index is 0.492. The molecule has 2 heteroatoms. The summed E-state index contributed by atoms with van der Waals surface area (Å²) < 4.78 is 2.24. The molecular formula is C25H31N2+. The lowest BCUT2D eigenvalue weighted by atomic mass is 9.85. The number of hydrogen-bond acceptors (Lipinski definition) is 1.